The van der Waals surface area contributed by atoms with Gasteiger partial charge in [-0.3, -0.25) is 9.36 Å². The Morgan fingerprint density at radius 2 is 1.78 bits per heavy atom. The molecule has 0 radical (unpaired) electrons. The molecule has 1 N–H and O–H groups in total. The van der Waals surface area contributed by atoms with Crippen molar-refractivity contribution < 1.29 is 22.4 Å². The normalized spacial score (nSPS) is 14.8. The van der Waals surface area contributed by atoms with Crippen molar-refractivity contribution in [2.45, 2.75) is 25.3 Å². The van der Waals surface area contributed by atoms with Crippen LogP contribution in [0, 0.1) is 11.6 Å². The Labute approximate surface area is 209 Å². The number of aromatic amines is 1. The molecule has 0 saturated carbocycles. The summed E-state index contributed by atoms with van der Waals surface area (Å²) in [4.78, 5) is 22.3. The van der Waals surface area contributed by atoms with Crippen LogP contribution in [0.4, 0.5) is 17.6 Å². The lowest BCUT2D eigenvalue weighted by atomic mass is 9.95. The van der Waals surface area contributed by atoms with Gasteiger partial charge in [0, 0.05) is 41.7 Å². The van der Waals surface area contributed by atoms with Crippen molar-refractivity contribution in [2.75, 3.05) is 13.1 Å². The van der Waals surface area contributed by atoms with Crippen LogP contribution in [0.5, 0.6) is 0 Å². The van der Waals surface area contributed by atoms with Crippen LogP contribution in [0.25, 0.3) is 33.1 Å². The second-order valence-electron chi connectivity index (χ2n) is 9.26. The molecule has 37 heavy (non-hydrogen) atoms. The lowest BCUT2D eigenvalue weighted by Gasteiger charge is -2.32. The number of aromatic nitrogens is 3. The third-order valence-corrected chi connectivity index (χ3v) is 7.10. The number of hydrogen-bond donors (Lipinski definition) is 1. The van der Waals surface area contributed by atoms with Gasteiger partial charge < -0.3 is 9.88 Å². The van der Waals surface area contributed by atoms with Gasteiger partial charge in [-0.25, -0.2) is 13.8 Å². The molecule has 5 nitrogen and oxygen atoms in total. The molecule has 1 aliphatic heterocycles. The average Bonchev–Trinajstić information content (AvgIpc) is 3.49. The molecule has 1 fully saturated rings. The number of amides is 1. The van der Waals surface area contributed by atoms with Gasteiger partial charge in [-0.1, -0.05) is 24.3 Å². The molecule has 0 spiro atoms. The number of halogens is 4. The van der Waals surface area contributed by atoms with Gasteiger partial charge in [-0.15, -0.1) is 0 Å². The quantitative estimate of drug-likeness (QED) is 0.270. The summed E-state index contributed by atoms with van der Waals surface area (Å²) >= 11 is 0. The van der Waals surface area contributed by atoms with E-state index in [1.165, 1.54) is 24.3 Å². The van der Waals surface area contributed by atoms with Crippen LogP contribution in [0.2, 0.25) is 0 Å². The van der Waals surface area contributed by atoms with Crippen LogP contribution < -0.4 is 0 Å². The van der Waals surface area contributed by atoms with E-state index in [2.05, 4.69) is 9.97 Å². The van der Waals surface area contributed by atoms with Gasteiger partial charge in [-0.05, 0) is 54.8 Å². The van der Waals surface area contributed by atoms with Crippen molar-refractivity contribution >= 4 is 27.8 Å². The Bertz CT molecular complexity index is 1630. The Balaban J connectivity index is 1.23. The molecule has 188 valence electrons. The van der Waals surface area contributed by atoms with E-state index >= 15 is 4.39 Å². The van der Waals surface area contributed by atoms with Crippen molar-refractivity contribution in [3.05, 3.63) is 89.9 Å². The standard InChI is InChI=1S/C28H22F4N4O/c29-18-5-3-4-17(12-18)21-15-33-24-14-20(22(30)13-19(21)24)27(37)35-10-8-16(9-11-35)26-34-23-6-1-2-7-25(23)36(26)28(31)32/h1-7,12-16,28,33H,8-11H2. The fourth-order valence-electron chi connectivity index (χ4n) is 5.27. The number of nitrogens with one attached hydrogen (secondary N) is 1. The topological polar surface area (TPSA) is 53.9 Å². The molecule has 6 rings (SSSR count). The largest absolute Gasteiger partial charge is 0.361 e. The molecular formula is C28H22F4N4O. The van der Waals surface area contributed by atoms with Crippen LogP contribution in [-0.4, -0.2) is 38.4 Å². The molecule has 1 aliphatic rings. The van der Waals surface area contributed by atoms with Crippen LogP contribution in [-0.2, 0) is 0 Å². The van der Waals surface area contributed by atoms with Crippen LogP contribution in [0.3, 0.4) is 0 Å². The first-order chi connectivity index (χ1) is 17.9. The molecule has 0 unspecified atom stereocenters. The number of carbonyl (C=O) groups excluding carboxylic acids is 1. The first-order valence-corrected chi connectivity index (χ1v) is 12.0. The second-order valence-corrected chi connectivity index (χ2v) is 9.26. The van der Waals surface area contributed by atoms with Gasteiger partial charge in [-0.2, -0.15) is 8.78 Å². The number of fused-ring (bicyclic) bond motifs is 2. The van der Waals surface area contributed by atoms with Gasteiger partial charge in [0.2, 0.25) is 0 Å². The fourth-order valence-corrected chi connectivity index (χ4v) is 5.27. The average molecular weight is 507 g/mol. The number of nitrogens with zero attached hydrogens (tertiary/aromatic N) is 3. The highest BCUT2D eigenvalue weighted by molar-refractivity contribution is 6.02. The number of para-hydroxylation sites is 2. The molecule has 0 atom stereocenters. The summed E-state index contributed by atoms with van der Waals surface area (Å²) in [5.41, 5.74) is 2.61. The van der Waals surface area contributed by atoms with Crippen molar-refractivity contribution in [1.29, 1.82) is 0 Å². The minimum absolute atomic E-state index is 0.0709. The van der Waals surface area contributed by atoms with Crippen molar-refractivity contribution in [3.63, 3.8) is 0 Å². The predicted octanol–water partition coefficient (Wildman–Crippen LogP) is 6.88. The fraction of sp³-hybridized carbons (Fsp3) is 0.214. The molecule has 9 heteroatoms. The lowest BCUT2D eigenvalue weighted by Crippen LogP contribution is -2.38. The van der Waals surface area contributed by atoms with E-state index in [0.717, 1.165) is 4.57 Å². The zero-order valence-corrected chi connectivity index (χ0v) is 19.6. The van der Waals surface area contributed by atoms with Gasteiger partial charge in [0.1, 0.15) is 17.5 Å². The summed E-state index contributed by atoms with van der Waals surface area (Å²) in [6.07, 6.45) is 2.55. The molecule has 0 aliphatic carbocycles. The number of benzene rings is 3. The maximum Gasteiger partial charge on any atom is 0.320 e. The van der Waals surface area contributed by atoms with Gasteiger partial charge >= 0.3 is 6.55 Å². The third-order valence-electron chi connectivity index (χ3n) is 7.10. The summed E-state index contributed by atoms with van der Waals surface area (Å²) in [6, 6.07) is 15.6. The number of alkyl halides is 2. The van der Waals surface area contributed by atoms with E-state index < -0.39 is 24.1 Å². The number of hydrogen-bond acceptors (Lipinski definition) is 2. The maximum atomic E-state index is 15.1. The minimum atomic E-state index is -2.72. The SMILES string of the molecule is O=C(c1cc2[nH]cc(-c3cccc(F)c3)c2cc1F)N1CCC(c2nc3ccccc3n2C(F)F)CC1. The summed E-state index contributed by atoms with van der Waals surface area (Å²) in [5.74, 6) is -1.45. The minimum Gasteiger partial charge on any atom is -0.361 e. The maximum absolute atomic E-state index is 15.1. The van der Waals surface area contributed by atoms with Crippen molar-refractivity contribution in [3.8, 4) is 11.1 Å². The molecular weight excluding hydrogens is 484 g/mol. The monoisotopic (exact) mass is 506 g/mol. The Hall–Kier alpha value is -4.14. The van der Waals surface area contributed by atoms with E-state index in [4.69, 9.17) is 0 Å². The van der Waals surface area contributed by atoms with E-state index in [1.807, 2.05) is 0 Å². The molecule has 3 heterocycles. The molecule has 1 saturated heterocycles. The summed E-state index contributed by atoms with van der Waals surface area (Å²) in [6.45, 7) is -2.12. The van der Waals surface area contributed by atoms with E-state index in [1.54, 1.807) is 47.5 Å². The number of likely N-dealkylation sites (tertiary alicyclic amines) is 1. The summed E-state index contributed by atoms with van der Waals surface area (Å²) in [5, 5.41) is 0.546. The molecule has 3 aromatic carbocycles. The van der Waals surface area contributed by atoms with Crippen LogP contribution in [0.15, 0.2) is 66.9 Å². The Morgan fingerprint density at radius 1 is 1.00 bits per heavy atom. The number of carbonyl (C=O) groups is 1. The van der Waals surface area contributed by atoms with Gasteiger partial charge in [0.15, 0.2) is 0 Å². The highest BCUT2D eigenvalue weighted by Crippen LogP contribution is 2.35. The summed E-state index contributed by atoms with van der Waals surface area (Å²) < 4.78 is 57.5. The third kappa shape index (κ3) is 4.04. The summed E-state index contributed by atoms with van der Waals surface area (Å²) in [7, 11) is 0. The number of rotatable bonds is 4. The highest BCUT2D eigenvalue weighted by Gasteiger charge is 2.31. The molecule has 5 aromatic rings. The van der Waals surface area contributed by atoms with Crippen LogP contribution in [0.1, 0.15) is 41.5 Å². The van der Waals surface area contributed by atoms with Crippen LogP contribution >= 0.6 is 0 Å². The zero-order chi connectivity index (χ0) is 25.7. The smallest absolute Gasteiger partial charge is 0.320 e. The second kappa shape index (κ2) is 9.06. The van der Waals surface area contributed by atoms with Crippen molar-refractivity contribution in [1.82, 2.24) is 19.4 Å². The zero-order valence-electron chi connectivity index (χ0n) is 19.6. The number of H-pyrrole nitrogens is 1. The predicted molar refractivity (Wildman–Crippen MR) is 133 cm³/mol. The van der Waals surface area contributed by atoms with E-state index in [9.17, 15) is 18.0 Å². The number of imidazole rings is 1. The first kappa shape index (κ1) is 23.3. The Kier molecular flexibility index (Phi) is 5.70. The van der Waals surface area contributed by atoms with Gasteiger partial charge in [0.25, 0.3) is 5.91 Å². The van der Waals surface area contributed by atoms with E-state index in [-0.39, 0.29) is 11.5 Å². The highest BCUT2D eigenvalue weighted by atomic mass is 19.3. The van der Waals surface area contributed by atoms with E-state index in [0.29, 0.717) is 64.8 Å². The number of piperidine rings is 1. The first-order valence-electron chi connectivity index (χ1n) is 12.0. The Morgan fingerprint density at radius 3 is 2.54 bits per heavy atom. The lowest BCUT2D eigenvalue weighted by molar-refractivity contribution is 0.0632. The molecule has 1 amide bonds. The van der Waals surface area contributed by atoms with Crippen molar-refractivity contribution in [2.24, 2.45) is 0 Å². The van der Waals surface area contributed by atoms with Gasteiger partial charge in [0.05, 0.1) is 16.6 Å². The molecule has 0 bridgehead atoms. The molecule has 2 aromatic heterocycles.